The highest BCUT2D eigenvalue weighted by Gasteiger charge is 2.08. The molecule has 70 valence electrons. The van der Waals surface area contributed by atoms with Crippen molar-refractivity contribution < 1.29 is 4.79 Å². The van der Waals surface area contributed by atoms with Gasteiger partial charge in [0.2, 0.25) is 5.78 Å². The van der Waals surface area contributed by atoms with E-state index in [1.54, 1.807) is 18.6 Å². The smallest absolute Gasteiger partial charge is 0.203 e. The number of aromatic nitrogens is 3. The monoisotopic (exact) mass is 187 g/mol. The summed E-state index contributed by atoms with van der Waals surface area (Å²) in [5.41, 5.74) is 0.758. The molecule has 4 nitrogen and oxygen atoms in total. The second kappa shape index (κ2) is 3.83. The normalized spacial score (nSPS) is 10.0. The van der Waals surface area contributed by atoms with E-state index < -0.39 is 0 Å². The van der Waals surface area contributed by atoms with Crippen molar-refractivity contribution in [3.8, 4) is 0 Å². The van der Waals surface area contributed by atoms with Gasteiger partial charge in [0.05, 0.1) is 6.42 Å². The number of ketones is 1. The summed E-state index contributed by atoms with van der Waals surface area (Å²) in [6.45, 7) is 0. The molecule has 14 heavy (non-hydrogen) atoms. The van der Waals surface area contributed by atoms with Gasteiger partial charge in [0.25, 0.3) is 0 Å². The van der Waals surface area contributed by atoms with Crippen LogP contribution in [0.3, 0.4) is 0 Å². The Kier molecular flexibility index (Phi) is 2.36. The second-order valence-corrected chi connectivity index (χ2v) is 2.86. The number of nitrogens with zero attached hydrogens (tertiary/aromatic N) is 2. The number of rotatable bonds is 3. The van der Waals surface area contributed by atoms with Crippen LogP contribution in [0.2, 0.25) is 0 Å². The van der Waals surface area contributed by atoms with Crippen LogP contribution in [-0.4, -0.2) is 20.7 Å². The van der Waals surface area contributed by atoms with Crippen LogP contribution in [0.5, 0.6) is 0 Å². The van der Waals surface area contributed by atoms with E-state index >= 15 is 0 Å². The minimum atomic E-state index is -0.0475. The number of carbonyl (C=O) groups is 1. The van der Waals surface area contributed by atoms with Crippen molar-refractivity contribution in [2.45, 2.75) is 6.42 Å². The average Bonchev–Trinajstić information content (AvgIpc) is 2.72. The summed E-state index contributed by atoms with van der Waals surface area (Å²) in [4.78, 5) is 22.3. The SMILES string of the molecule is O=C(Cc1ccccn1)c1ncc[nH]1. The molecule has 0 bridgehead atoms. The number of H-pyrrole nitrogens is 1. The Bertz CT molecular complexity index is 408. The molecule has 0 radical (unpaired) electrons. The summed E-state index contributed by atoms with van der Waals surface area (Å²) in [5.74, 6) is 0.337. The number of carbonyl (C=O) groups excluding carboxylic acids is 1. The molecule has 2 heterocycles. The van der Waals surface area contributed by atoms with E-state index in [1.807, 2.05) is 18.2 Å². The van der Waals surface area contributed by atoms with Gasteiger partial charge >= 0.3 is 0 Å². The van der Waals surface area contributed by atoms with Gasteiger partial charge in [-0.15, -0.1) is 0 Å². The van der Waals surface area contributed by atoms with Crippen molar-refractivity contribution >= 4 is 5.78 Å². The van der Waals surface area contributed by atoms with Crippen LogP contribution in [0, 0.1) is 0 Å². The molecule has 1 N–H and O–H groups in total. The van der Waals surface area contributed by atoms with Crippen LogP contribution >= 0.6 is 0 Å². The van der Waals surface area contributed by atoms with Crippen molar-refractivity contribution in [1.29, 1.82) is 0 Å². The topological polar surface area (TPSA) is 58.6 Å². The first-order chi connectivity index (χ1) is 6.86. The quantitative estimate of drug-likeness (QED) is 0.735. The number of Topliss-reactive ketones (excluding diaryl/α,β-unsaturated/α-hetero) is 1. The van der Waals surface area contributed by atoms with Crippen LogP contribution in [-0.2, 0) is 6.42 Å². The molecule has 0 unspecified atom stereocenters. The lowest BCUT2D eigenvalue weighted by Crippen LogP contribution is -2.06. The van der Waals surface area contributed by atoms with Crippen molar-refractivity contribution in [1.82, 2.24) is 15.0 Å². The van der Waals surface area contributed by atoms with E-state index in [0.717, 1.165) is 5.69 Å². The van der Waals surface area contributed by atoms with E-state index in [1.165, 1.54) is 0 Å². The van der Waals surface area contributed by atoms with Gasteiger partial charge in [-0.05, 0) is 12.1 Å². The number of pyridine rings is 1. The standard InChI is InChI=1S/C10H9N3O/c14-9(10-12-5-6-13-10)7-8-3-1-2-4-11-8/h1-6H,7H2,(H,12,13). The van der Waals surface area contributed by atoms with Gasteiger partial charge in [0, 0.05) is 24.3 Å². The van der Waals surface area contributed by atoms with Crippen molar-refractivity contribution in [3.63, 3.8) is 0 Å². The van der Waals surface area contributed by atoms with Gasteiger partial charge in [0.1, 0.15) is 0 Å². The van der Waals surface area contributed by atoms with Gasteiger partial charge in [-0.3, -0.25) is 9.78 Å². The molecular formula is C10H9N3O. The van der Waals surface area contributed by atoms with Crippen LogP contribution in [0.4, 0.5) is 0 Å². The first-order valence-corrected chi connectivity index (χ1v) is 4.29. The van der Waals surface area contributed by atoms with Crippen LogP contribution in [0.15, 0.2) is 36.8 Å². The third kappa shape index (κ3) is 1.85. The lowest BCUT2D eigenvalue weighted by molar-refractivity contribution is 0.0983. The lowest BCUT2D eigenvalue weighted by atomic mass is 10.2. The lowest BCUT2D eigenvalue weighted by Gasteiger charge is -1.96. The van der Waals surface area contributed by atoms with Gasteiger partial charge < -0.3 is 4.98 Å². The van der Waals surface area contributed by atoms with Gasteiger partial charge in [-0.2, -0.15) is 0 Å². The highest BCUT2D eigenvalue weighted by Crippen LogP contribution is 2.00. The Morgan fingerprint density at radius 1 is 1.29 bits per heavy atom. The number of hydrogen-bond donors (Lipinski definition) is 1. The Labute approximate surface area is 81.0 Å². The zero-order valence-corrected chi connectivity index (χ0v) is 7.47. The van der Waals surface area contributed by atoms with E-state index in [9.17, 15) is 4.79 Å². The summed E-state index contributed by atoms with van der Waals surface area (Å²) < 4.78 is 0. The number of aromatic amines is 1. The predicted molar refractivity (Wildman–Crippen MR) is 50.9 cm³/mol. The Balaban J connectivity index is 2.10. The Morgan fingerprint density at radius 2 is 2.21 bits per heavy atom. The zero-order valence-electron chi connectivity index (χ0n) is 7.47. The predicted octanol–water partition coefficient (Wildman–Crippen LogP) is 1.23. The zero-order chi connectivity index (χ0) is 9.80. The van der Waals surface area contributed by atoms with Crippen molar-refractivity contribution in [3.05, 3.63) is 48.3 Å². The van der Waals surface area contributed by atoms with E-state index in [2.05, 4.69) is 15.0 Å². The van der Waals surface area contributed by atoms with Crippen LogP contribution < -0.4 is 0 Å². The maximum Gasteiger partial charge on any atom is 0.203 e. The molecule has 0 spiro atoms. The number of hydrogen-bond acceptors (Lipinski definition) is 3. The third-order valence-corrected chi connectivity index (χ3v) is 1.83. The summed E-state index contributed by atoms with van der Waals surface area (Å²) in [6.07, 6.45) is 5.15. The fourth-order valence-corrected chi connectivity index (χ4v) is 1.17. The summed E-state index contributed by atoms with van der Waals surface area (Å²) in [5, 5.41) is 0. The van der Waals surface area contributed by atoms with E-state index in [0.29, 0.717) is 5.82 Å². The first-order valence-electron chi connectivity index (χ1n) is 4.29. The molecule has 0 amide bonds. The van der Waals surface area contributed by atoms with E-state index in [4.69, 9.17) is 0 Å². The molecule has 0 fully saturated rings. The second-order valence-electron chi connectivity index (χ2n) is 2.86. The fraction of sp³-hybridized carbons (Fsp3) is 0.100. The average molecular weight is 187 g/mol. The Morgan fingerprint density at radius 3 is 2.86 bits per heavy atom. The molecular weight excluding hydrogens is 178 g/mol. The molecule has 2 aromatic rings. The minimum absolute atomic E-state index is 0.0475. The number of nitrogens with one attached hydrogen (secondary N) is 1. The molecule has 0 aliphatic heterocycles. The molecule has 2 rings (SSSR count). The molecule has 0 saturated carbocycles. The summed E-state index contributed by atoms with van der Waals surface area (Å²) >= 11 is 0. The van der Waals surface area contributed by atoms with Crippen LogP contribution in [0.25, 0.3) is 0 Å². The fourth-order valence-electron chi connectivity index (χ4n) is 1.17. The maximum atomic E-state index is 11.5. The maximum absolute atomic E-state index is 11.5. The highest BCUT2D eigenvalue weighted by atomic mass is 16.1. The van der Waals surface area contributed by atoms with Gasteiger partial charge in [-0.25, -0.2) is 4.98 Å². The molecule has 4 heteroatoms. The molecule has 2 aromatic heterocycles. The van der Waals surface area contributed by atoms with Gasteiger partial charge in [0.15, 0.2) is 5.82 Å². The van der Waals surface area contributed by atoms with Crippen molar-refractivity contribution in [2.24, 2.45) is 0 Å². The Hall–Kier alpha value is -1.97. The molecule has 0 saturated heterocycles. The van der Waals surface area contributed by atoms with Crippen LogP contribution in [0.1, 0.15) is 16.3 Å². The van der Waals surface area contributed by atoms with Crippen molar-refractivity contribution in [2.75, 3.05) is 0 Å². The largest absolute Gasteiger partial charge is 0.342 e. The number of imidazole rings is 1. The summed E-state index contributed by atoms with van der Waals surface area (Å²) in [6, 6.07) is 5.50. The molecule has 0 atom stereocenters. The highest BCUT2D eigenvalue weighted by molar-refractivity contribution is 5.93. The van der Waals surface area contributed by atoms with Gasteiger partial charge in [-0.1, -0.05) is 6.07 Å². The first kappa shape index (κ1) is 8.62. The van der Waals surface area contributed by atoms with E-state index in [-0.39, 0.29) is 12.2 Å². The molecule has 0 aliphatic rings. The molecule has 0 aliphatic carbocycles. The summed E-state index contributed by atoms with van der Waals surface area (Å²) in [7, 11) is 0. The molecule has 0 aromatic carbocycles. The third-order valence-electron chi connectivity index (χ3n) is 1.83. The minimum Gasteiger partial charge on any atom is -0.342 e.